The van der Waals surface area contributed by atoms with E-state index >= 15 is 0 Å². The van der Waals surface area contributed by atoms with E-state index in [1.165, 1.54) is 36.9 Å². The second-order valence-electron chi connectivity index (χ2n) is 10.3. The number of hydrogen-bond donors (Lipinski definition) is 3. The van der Waals surface area contributed by atoms with Crippen LogP contribution in [-0.2, 0) is 28.2 Å². The summed E-state index contributed by atoms with van der Waals surface area (Å²) < 4.78 is 15.6. The van der Waals surface area contributed by atoms with E-state index in [1.54, 1.807) is 0 Å². The zero-order valence-corrected chi connectivity index (χ0v) is 22.4. The van der Waals surface area contributed by atoms with Crippen LogP contribution in [-0.4, -0.2) is 75.9 Å². The van der Waals surface area contributed by atoms with Crippen LogP contribution in [0.2, 0.25) is 5.02 Å². The first-order valence-corrected chi connectivity index (χ1v) is 12.5. The van der Waals surface area contributed by atoms with Crippen molar-refractivity contribution in [2.45, 2.75) is 49.9 Å². The summed E-state index contributed by atoms with van der Waals surface area (Å²) in [7, 11) is 6.68. The van der Waals surface area contributed by atoms with Crippen molar-refractivity contribution >= 4 is 29.3 Å². The second kappa shape index (κ2) is 9.99. The third-order valence-electron chi connectivity index (χ3n) is 7.65. The quantitative estimate of drug-likeness (QED) is 0.473. The SMILES string of the molecule is CN(C)C(=O)C(=O)NC12CCC(N(C)C)(CC1)Cn1c2nc(C(=O)NCc2cccc(Cl)c2F)c(O)c1=O. The van der Waals surface area contributed by atoms with Gasteiger partial charge in [-0.15, -0.1) is 0 Å². The lowest BCUT2D eigenvalue weighted by molar-refractivity contribution is -0.145. The van der Waals surface area contributed by atoms with Gasteiger partial charge in [0, 0.05) is 38.3 Å². The average molecular weight is 549 g/mol. The number of hydrogen-bond acceptors (Lipinski definition) is 7. The Balaban J connectivity index is 1.78. The zero-order chi connectivity index (χ0) is 28.0. The molecule has 0 atom stereocenters. The molecular weight excluding hydrogens is 519 g/mol. The number of nitrogens with zero attached hydrogens (tertiary/aromatic N) is 4. The third kappa shape index (κ3) is 4.62. The minimum absolute atomic E-state index is 0.0838. The first-order chi connectivity index (χ1) is 17.8. The lowest BCUT2D eigenvalue weighted by Gasteiger charge is -2.45. The minimum Gasteiger partial charge on any atom is -0.501 e. The highest BCUT2D eigenvalue weighted by atomic mass is 35.5. The molecule has 0 radical (unpaired) electrons. The van der Waals surface area contributed by atoms with E-state index in [0.29, 0.717) is 25.7 Å². The third-order valence-corrected chi connectivity index (χ3v) is 7.94. The van der Waals surface area contributed by atoms with Crippen molar-refractivity contribution in [2.24, 2.45) is 0 Å². The number of rotatable bonds is 5. The number of benzene rings is 1. The summed E-state index contributed by atoms with van der Waals surface area (Å²) in [6, 6.07) is 4.33. The van der Waals surface area contributed by atoms with Gasteiger partial charge in [0.2, 0.25) is 5.75 Å². The maximum absolute atomic E-state index is 14.3. The summed E-state index contributed by atoms with van der Waals surface area (Å²) in [6.07, 6.45) is 1.83. The largest absolute Gasteiger partial charge is 0.501 e. The van der Waals surface area contributed by atoms with Gasteiger partial charge in [-0.25, -0.2) is 9.37 Å². The van der Waals surface area contributed by atoms with Crippen LogP contribution < -0.4 is 16.2 Å². The number of amides is 3. The number of carbonyl (C=O) groups excluding carboxylic acids is 3. The van der Waals surface area contributed by atoms with E-state index in [1.807, 2.05) is 19.0 Å². The Morgan fingerprint density at radius 2 is 1.82 bits per heavy atom. The highest BCUT2D eigenvalue weighted by molar-refractivity contribution is 6.35. The molecule has 204 valence electrons. The molecule has 2 aromatic rings. The normalized spacial score (nSPS) is 22.0. The Bertz CT molecular complexity index is 1370. The van der Waals surface area contributed by atoms with Gasteiger partial charge in [0.1, 0.15) is 11.6 Å². The Hall–Kier alpha value is -3.51. The summed E-state index contributed by atoms with van der Waals surface area (Å²) in [6.45, 7) is -0.0999. The standard InChI is InChI=1S/C25H30ClFN6O5/c1-31(2)22(38)20(36)30-25-10-8-24(9-11-25,32(3)4)13-33-21(37)18(34)17(29-23(25)33)19(35)28-12-14-6-5-7-15(26)16(14)27/h5-7,34H,8-13H2,1-4H3,(H,28,35)(H,30,36). The molecule has 1 aromatic carbocycles. The maximum Gasteiger partial charge on any atom is 0.311 e. The van der Waals surface area contributed by atoms with Crippen LogP contribution in [0.3, 0.4) is 0 Å². The summed E-state index contributed by atoms with van der Waals surface area (Å²) in [5.74, 6) is -4.03. The zero-order valence-electron chi connectivity index (χ0n) is 21.6. The van der Waals surface area contributed by atoms with Gasteiger partial charge in [-0.3, -0.25) is 23.7 Å². The molecule has 3 aliphatic rings. The van der Waals surface area contributed by atoms with Gasteiger partial charge < -0.3 is 25.5 Å². The van der Waals surface area contributed by atoms with E-state index in [9.17, 15) is 28.7 Å². The van der Waals surface area contributed by atoms with Gasteiger partial charge >= 0.3 is 11.8 Å². The van der Waals surface area contributed by atoms with Crippen molar-refractivity contribution in [3.63, 3.8) is 0 Å². The molecule has 1 fully saturated rings. The molecular formula is C25H30ClFN6O5. The topological polar surface area (TPSA) is 137 Å². The van der Waals surface area contributed by atoms with Gasteiger partial charge in [-0.2, -0.15) is 0 Å². The summed E-state index contributed by atoms with van der Waals surface area (Å²) >= 11 is 5.81. The van der Waals surface area contributed by atoms with Gasteiger partial charge in [0.25, 0.3) is 11.5 Å². The number of nitrogens with one attached hydrogen (secondary N) is 2. The fourth-order valence-electron chi connectivity index (χ4n) is 5.22. The van der Waals surface area contributed by atoms with E-state index < -0.39 is 51.6 Å². The molecule has 1 aliphatic carbocycles. The number of aromatic hydroxyl groups is 1. The smallest absolute Gasteiger partial charge is 0.311 e. The van der Waals surface area contributed by atoms with Crippen molar-refractivity contribution in [3.8, 4) is 5.75 Å². The molecule has 0 spiro atoms. The first-order valence-electron chi connectivity index (χ1n) is 12.1. The lowest BCUT2D eigenvalue weighted by Crippen LogP contribution is -2.56. The molecule has 0 unspecified atom stereocenters. The van der Waals surface area contributed by atoms with E-state index in [0.717, 1.165) is 4.90 Å². The van der Waals surface area contributed by atoms with Crippen LogP contribution in [0.1, 0.15) is 47.6 Å². The Morgan fingerprint density at radius 1 is 1.16 bits per heavy atom. The fraction of sp³-hybridized carbons (Fsp3) is 0.480. The Labute approximate surface area is 223 Å². The molecule has 1 saturated carbocycles. The highest BCUT2D eigenvalue weighted by Gasteiger charge is 2.52. The predicted molar refractivity (Wildman–Crippen MR) is 136 cm³/mol. The van der Waals surface area contributed by atoms with E-state index in [-0.39, 0.29) is 29.5 Å². The Morgan fingerprint density at radius 3 is 2.42 bits per heavy atom. The number of likely N-dealkylation sites (N-methyl/N-ethyl adjacent to an activating group) is 2. The van der Waals surface area contributed by atoms with Crippen LogP contribution >= 0.6 is 11.6 Å². The first kappa shape index (κ1) is 27.5. The van der Waals surface area contributed by atoms with E-state index in [4.69, 9.17) is 11.6 Å². The van der Waals surface area contributed by atoms with Crippen molar-refractivity contribution in [1.82, 2.24) is 30.0 Å². The van der Waals surface area contributed by atoms with Gasteiger partial charge in [-0.1, -0.05) is 23.7 Å². The van der Waals surface area contributed by atoms with Crippen molar-refractivity contribution < 1.29 is 23.9 Å². The summed E-state index contributed by atoms with van der Waals surface area (Å²) in [4.78, 5) is 59.3. The predicted octanol–water partition coefficient (Wildman–Crippen LogP) is 0.959. The summed E-state index contributed by atoms with van der Waals surface area (Å²) in [5.41, 5.74) is -2.98. The molecule has 3 amide bonds. The van der Waals surface area contributed by atoms with Gasteiger partial charge in [0.15, 0.2) is 5.69 Å². The number of halogens is 2. The Kier molecular flexibility index (Phi) is 7.23. The second-order valence-corrected chi connectivity index (χ2v) is 10.7. The molecule has 3 heterocycles. The number of aromatic nitrogens is 2. The van der Waals surface area contributed by atoms with Crippen molar-refractivity contribution in [3.05, 3.63) is 56.5 Å². The van der Waals surface area contributed by atoms with Crippen LogP contribution in [0, 0.1) is 5.82 Å². The van der Waals surface area contributed by atoms with Crippen LogP contribution in [0.15, 0.2) is 23.0 Å². The molecule has 38 heavy (non-hydrogen) atoms. The molecule has 13 heteroatoms. The molecule has 1 aromatic heterocycles. The van der Waals surface area contributed by atoms with Gasteiger partial charge in [-0.05, 0) is 45.8 Å². The van der Waals surface area contributed by atoms with Crippen LogP contribution in [0.5, 0.6) is 5.75 Å². The van der Waals surface area contributed by atoms with E-state index in [2.05, 4.69) is 15.6 Å². The van der Waals surface area contributed by atoms with Gasteiger partial charge in [0.05, 0.1) is 10.6 Å². The van der Waals surface area contributed by atoms with Crippen LogP contribution in [0.25, 0.3) is 0 Å². The minimum atomic E-state index is -1.22. The van der Waals surface area contributed by atoms with Crippen molar-refractivity contribution in [2.75, 3.05) is 28.2 Å². The molecule has 0 saturated heterocycles. The molecule has 3 N–H and O–H groups in total. The maximum atomic E-state index is 14.3. The number of carbonyl (C=O) groups is 3. The fourth-order valence-corrected chi connectivity index (χ4v) is 5.41. The lowest BCUT2D eigenvalue weighted by atomic mass is 9.72. The van der Waals surface area contributed by atoms with Crippen molar-refractivity contribution in [1.29, 1.82) is 0 Å². The molecule has 5 rings (SSSR count). The molecule has 2 aliphatic heterocycles. The monoisotopic (exact) mass is 548 g/mol. The number of fused-ring (bicyclic) bond motifs is 2. The molecule has 2 bridgehead atoms. The highest BCUT2D eigenvalue weighted by Crippen LogP contribution is 2.46. The average Bonchev–Trinajstić information content (AvgIpc) is 3.10. The summed E-state index contributed by atoms with van der Waals surface area (Å²) in [5, 5.41) is 15.9. The van der Waals surface area contributed by atoms with Crippen LogP contribution in [0.4, 0.5) is 4.39 Å². The molecule has 11 nitrogen and oxygen atoms in total.